The predicted octanol–water partition coefficient (Wildman–Crippen LogP) is 24.2. The molecule has 0 aliphatic heterocycles. The molecule has 6 nitrogen and oxygen atoms in total. The number of hydrogen-bond donors (Lipinski definition) is 0. The second-order valence-electron chi connectivity index (χ2n) is 24.7. The van der Waals surface area contributed by atoms with E-state index < -0.39 is 0 Å². The van der Waals surface area contributed by atoms with E-state index in [1.807, 2.05) is 55.2 Å². The highest BCUT2D eigenvalue weighted by Crippen LogP contribution is 2.31. The Morgan fingerprint density at radius 2 is 0.653 bits per heavy atom. The van der Waals surface area contributed by atoms with Crippen molar-refractivity contribution in [3.8, 4) is 45.0 Å². The summed E-state index contributed by atoms with van der Waals surface area (Å²) in [5, 5.41) is 16.0. The molecule has 0 radical (unpaired) electrons. The first-order valence-electron chi connectivity index (χ1n) is 33.2. The first-order chi connectivity index (χ1) is 48.1. The normalized spacial score (nSPS) is 10.8. The van der Waals surface area contributed by atoms with E-state index in [1.165, 1.54) is 126 Å². The van der Waals surface area contributed by atoms with Crippen LogP contribution in [0.4, 0.5) is 0 Å². The van der Waals surface area contributed by atoms with Gasteiger partial charge in [0.05, 0.1) is 39.3 Å². The van der Waals surface area contributed by atoms with Crippen molar-refractivity contribution in [1.82, 2.24) is 29.9 Å². The number of pyridine rings is 6. The minimum absolute atomic E-state index is 1.03. The Morgan fingerprint density at radius 1 is 0.214 bits per heavy atom. The highest BCUT2D eigenvalue weighted by molar-refractivity contribution is 6.07. The topological polar surface area (TPSA) is 77.3 Å². The van der Waals surface area contributed by atoms with Crippen LogP contribution in [-0.2, 0) is 0 Å². The number of rotatable bonds is 4. The molecule has 6 aromatic heterocycles. The molecular formula is C92H74N6. The Bertz CT molecular complexity index is 5440. The zero-order valence-corrected chi connectivity index (χ0v) is 56.0. The van der Waals surface area contributed by atoms with Gasteiger partial charge in [0.1, 0.15) is 0 Å². The van der Waals surface area contributed by atoms with Crippen LogP contribution in [-0.4, -0.2) is 29.9 Å². The number of aryl methyl sites for hydroxylation is 6. The monoisotopic (exact) mass is 1260 g/mol. The maximum atomic E-state index is 4.69. The van der Waals surface area contributed by atoms with Crippen molar-refractivity contribution in [2.45, 2.75) is 41.5 Å². The molecule has 0 aliphatic rings. The molecule has 0 saturated heterocycles. The van der Waals surface area contributed by atoms with E-state index in [1.54, 1.807) is 0 Å². The maximum absolute atomic E-state index is 4.69. The van der Waals surface area contributed by atoms with Crippen molar-refractivity contribution in [1.29, 1.82) is 0 Å². The van der Waals surface area contributed by atoms with Crippen molar-refractivity contribution in [3.05, 3.63) is 374 Å². The van der Waals surface area contributed by atoms with Gasteiger partial charge in [0.15, 0.2) is 0 Å². The summed E-state index contributed by atoms with van der Waals surface area (Å²) in [6, 6.07) is 107. The van der Waals surface area contributed by atoms with E-state index in [0.29, 0.717) is 0 Å². The average molecular weight is 1260 g/mol. The number of hydrogen-bond acceptors (Lipinski definition) is 6. The molecule has 0 saturated carbocycles. The van der Waals surface area contributed by atoms with Crippen molar-refractivity contribution >= 4 is 86.6 Å². The van der Waals surface area contributed by atoms with Crippen LogP contribution < -0.4 is 0 Å². The molecule has 0 spiro atoms. The van der Waals surface area contributed by atoms with E-state index >= 15 is 0 Å². The van der Waals surface area contributed by atoms with Crippen LogP contribution in [0.3, 0.4) is 0 Å². The van der Waals surface area contributed by atoms with E-state index in [0.717, 1.165) is 39.3 Å². The highest BCUT2D eigenvalue weighted by Gasteiger charge is 2.09. The summed E-state index contributed by atoms with van der Waals surface area (Å²) in [7, 11) is 0. The third-order valence-corrected chi connectivity index (χ3v) is 17.5. The standard InChI is InChI=1S/4C16H13N.2C14H11N/c2*1-12-5-4-7-14(11-12)16-15-8-3-2-6-13(15)9-10-17-16;1-12-5-4-7-14(11-12)16-10-9-13-6-2-3-8-15(13)17-16;1-12-5-4-8-14(9-12)16-10-13-6-2-3-7-15(13)11-17-16;1-10-4-2-6-13-12(10)8-7-11-5-3-9-15-14(11)13;1-10-8-9-15-14-12(10)7-6-11-4-2-3-5-13(11)14/h4*2-11H,1H3;2*2-9H,1H3. The summed E-state index contributed by atoms with van der Waals surface area (Å²) in [6.45, 7) is 12.7. The van der Waals surface area contributed by atoms with Gasteiger partial charge >= 0.3 is 0 Å². The first-order valence-corrected chi connectivity index (χ1v) is 33.2. The molecule has 18 rings (SSSR count). The van der Waals surface area contributed by atoms with Crippen molar-refractivity contribution < 1.29 is 0 Å². The van der Waals surface area contributed by atoms with Crippen LogP contribution in [0, 0.1) is 41.5 Å². The van der Waals surface area contributed by atoms with Crippen LogP contribution >= 0.6 is 0 Å². The van der Waals surface area contributed by atoms with Gasteiger partial charge in [-0.15, -0.1) is 0 Å². The van der Waals surface area contributed by atoms with Gasteiger partial charge in [0.2, 0.25) is 0 Å². The molecular weight excluding hydrogens is 1190 g/mol. The van der Waals surface area contributed by atoms with Gasteiger partial charge in [0.25, 0.3) is 0 Å². The summed E-state index contributed by atoms with van der Waals surface area (Å²) in [5.74, 6) is 0. The van der Waals surface area contributed by atoms with E-state index in [2.05, 4.69) is 357 Å². The van der Waals surface area contributed by atoms with E-state index in [4.69, 9.17) is 0 Å². The van der Waals surface area contributed by atoms with E-state index in [-0.39, 0.29) is 0 Å². The van der Waals surface area contributed by atoms with Crippen LogP contribution in [0.2, 0.25) is 0 Å². The van der Waals surface area contributed by atoms with Gasteiger partial charge in [-0.25, -0.2) is 4.98 Å². The first kappa shape index (κ1) is 64.3. The van der Waals surface area contributed by atoms with Crippen LogP contribution in [0.15, 0.2) is 340 Å². The Balaban J connectivity index is 0.000000106. The third kappa shape index (κ3) is 15.2. The van der Waals surface area contributed by atoms with Crippen LogP contribution in [0.25, 0.3) is 132 Å². The lowest BCUT2D eigenvalue weighted by Crippen LogP contribution is -1.86. The lowest BCUT2D eigenvalue weighted by molar-refractivity contribution is 1.34. The highest BCUT2D eigenvalue weighted by atomic mass is 14.7. The summed E-state index contributed by atoms with van der Waals surface area (Å²) >= 11 is 0. The molecule has 6 heteroatoms. The minimum Gasteiger partial charge on any atom is -0.256 e. The zero-order chi connectivity index (χ0) is 67.2. The molecule has 0 bridgehead atoms. The summed E-state index contributed by atoms with van der Waals surface area (Å²) in [6.07, 6.45) is 9.42. The Labute approximate surface area is 573 Å². The van der Waals surface area contributed by atoms with Crippen molar-refractivity contribution in [2.24, 2.45) is 0 Å². The number of fused-ring (bicyclic) bond motifs is 10. The maximum Gasteiger partial charge on any atom is 0.0782 e. The summed E-state index contributed by atoms with van der Waals surface area (Å²) < 4.78 is 0. The molecule has 0 fully saturated rings. The quantitative estimate of drug-likeness (QED) is 0.163. The smallest absolute Gasteiger partial charge is 0.0782 e. The molecule has 472 valence electrons. The molecule has 18 aromatic rings. The fourth-order valence-electron chi connectivity index (χ4n) is 12.4. The van der Waals surface area contributed by atoms with Gasteiger partial charge in [0, 0.05) is 96.3 Å². The second-order valence-corrected chi connectivity index (χ2v) is 24.7. The van der Waals surface area contributed by atoms with E-state index in [9.17, 15) is 0 Å². The molecule has 98 heavy (non-hydrogen) atoms. The number of aromatic nitrogens is 6. The third-order valence-electron chi connectivity index (χ3n) is 17.5. The lowest BCUT2D eigenvalue weighted by Gasteiger charge is -2.06. The Morgan fingerprint density at radius 3 is 1.28 bits per heavy atom. The van der Waals surface area contributed by atoms with Gasteiger partial charge in [-0.1, -0.05) is 265 Å². The average Bonchev–Trinajstić information content (AvgIpc) is 0.797. The molecule has 12 aromatic carbocycles. The molecule has 0 atom stereocenters. The minimum atomic E-state index is 1.03. The molecule has 0 aliphatic carbocycles. The summed E-state index contributed by atoms with van der Waals surface area (Å²) in [5.41, 5.74) is 19.8. The lowest BCUT2D eigenvalue weighted by atomic mass is 10.0. The van der Waals surface area contributed by atoms with Gasteiger partial charge < -0.3 is 0 Å². The summed E-state index contributed by atoms with van der Waals surface area (Å²) in [4.78, 5) is 27.2. The van der Waals surface area contributed by atoms with Gasteiger partial charge in [-0.05, 0) is 146 Å². The van der Waals surface area contributed by atoms with Gasteiger partial charge in [-0.2, -0.15) is 0 Å². The predicted molar refractivity (Wildman–Crippen MR) is 416 cm³/mol. The Hall–Kier alpha value is -12.4. The number of nitrogens with zero attached hydrogens (tertiary/aromatic N) is 6. The number of benzene rings is 12. The molecule has 0 N–H and O–H groups in total. The van der Waals surface area contributed by atoms with Gasteiger partial charge in [-0.3, -0.25) is 24.9 Å². The SMILES string of the molecule is Cc1cccc(-c2cc3ccccc3cn2)c1.Cc1cccc(-c2ccc3ccccc3n2)c1.Cc1cccc(-c2nccc3ccccc23)c1.Cc1cccc(-c2nccc3ccccc23)c1.Cc1cccc2c1ccc1cccnc12.Cc1ccnc2c1ccc1ccccc12. The molecule has 6 heterocycles. The fraction of sp³-hybridized carbons (Fsp3) is 0.0652. The second kappa shape index (κ2) is 30.4. The fourth-order valence-corrected chi connectivity index (χ4v) is 12.4. The van der Waals surface area contributed by atoms with Crippen LogP contribution in [0.5, 0.6) is 0 Å². The Kier molecular flexibility index (Phi) is 19.9. The number of para-hydroxylation sites is 1. The van der Waals surface area contributed by atoms with Crippen molar-refractivity contribution in [2.75, 3.05) is 0 Å². The van der Waals surface area contributed by atoms with Crippen molar-refractivity contribution in [3.63, 3.8) is 0 Å². The molecule has 0 unspecified atom stereocenters. The zero-order valence-electron chi connectivity index (χ0n) is 56.0. The molecule has 0 amide bonds. The van der Waals surface area contributed by atoms with Crippen LogP contribution in [0.1, 0.15) is 33.4 Å². The largest absolute Gasteiger partial charge is 0.256 e.